The molecule has 6 nitrogen and oxygen atoms in total. The molecule has 0 saturated carbocycles. The first kappa shape index (κ1) is 11.8. The van der Waals surface area contributed by atoms with Crippen LogP contribution in [0.2, 0.25) is 0 Å². The number of rotatable bonds is 1. The number of alkyl halides is 3. The quantitative estimate of drug-likeness (QED) is 0.714. The first-order chi connectivity index (χ1) is 8.95. The highest BCUT2D eigenvalue weighted by Crippen LogP contribution is 2.40. The van der Waals surface area contributed by atoms with E-state index in [9.17, 15) is 13.2 Å². The minimum atomic E-state index is -4.43. The molecule has 0 aliphatic rings. The summed E-state index contributed by atoms with van der Waals surface area (Å²) < 4.78 is 38.4. The van der Waals surface area contributed by atoms with E-state index in [1.807, 2.05) is 0 Å². The molecule has 3 heterocycles. The van der Waals surface area contributed by atoms with Gasteiger partial charge in [-0.3, -0.25) is 0 Å². The van der Waals surface area contributed by atoms with Gasteiger partial charge in [-0.25, -0.2) is 9.97 Å². The molecule has 0 saturated heterocycles. The highest BCUT2D eigenvalue weighted by molar-refractivity contribution is 7.19. The Morgan fingerprint density at radius 3 is 2.68 bits per heavy atom. The normalized spacial score (nSPS) is 12.2. The number of H-pyrrole nitrogens is 1. The summed E-state index contributed by atoms with van der Waals surface area (Å²) in [6, 6.07) is 0.946. The fourth-order valence-electron chi connectivity index (χ4n) is 1.58. The van der Waals surface area contributed by atoms with Crippen molar-refractivity contribution in [3.8, 4) is 11.4 Å². The van der Waals surface area contributed by atoms with Crippen molar-refractivity contribution >= 4 is 27.5 Å². The molecule has 0 amide bonds. The van der Waals surface area contributed by atoms with Crippen molar-refractivity contribution in [2.75, 3.05) is 5.73 Å². The molecule has 3 aromatic rings. The Labute approximate surface area is 107 Å². The van der Waals surface area contributed by atoms with Gasteiger partial charge in [-0.2, -0.15) is 28.6 Å². The number of thiophene rings is 1. The lowest BCUT2D eigenvalue weighted by molar-refractivity contribution is -0.134. The second-order valence-corrected chi connectivity index (χ2v) is 4.66. The van der Waals surface area contributed by atoms with Gasteiger partial charge in [0.05, 0.1) is 16.4 Å². The molecule has 10 heteroatoms. The van der Waals surface area contributed by atoms with Crippen LogP contribution in [0.25, 0.3) is 21.6 Å². The highest BCUT2D eigenvalue weighted by Gasteiger charge is 2.33. The maximum atomic E-state index is 12.7. The number of aromatic nitrogens is 5. The maximum absolute atomic E-state index is 12.7. The lowest BCUT2D eigenvalue weighted by atomic mass is 10.3. The molecule has 19 heavy (non-hydrogen) atoms. The summed E-state index contributed by atoms with van der Waals surface area (Å²) in [6.07, 6.45) is -3.07. The fraction of sp³-hybridized carbons (Fsp3) is 0.111. The Kier molecular flexibility index (Phi) is 2.42. The van der Waals surface area contributed by atoms with Crippen LogP contribution in [0.15, 0.2) is 12.3 Å². The Hall–Kier alpha value is -2.23. The van der Waals surface area contributed by atoms with Crippen molar-refractivity contribution in [3.05, 3.63) is 17.1 Å². The molecule has 98 valence electrons. The molecule has 0 aliphatic heterocycles. The van der Waals surface area contributed by atoms with Crippen LogP contribution >= 0.6 is 11.3 Å². The van der Waals surface area contributed by atoms with E-state index in [0.717, 1.165) is 6.07 Å². The van der Waals surface area contributed by atoms with Crippen LogP contribution in [0, 0.1) is 0 Å². The first-order valence-corrected chi connectivity index (χ1v) is 5.77. The van der Waals surface area contributed by atoms with Crippen LogP contribution in [0.1, 0.15) is 4.88 Å². The molecule has 0 spiro atoms. The number of nitrogens with two attached hydrogens (primary N) is 1. The average Bonchev–Trinajstić information content (AvgIpc) is 2.95. The summed E-state index contributed by atoms with van der Waals surface area (Å²) >= 11 is 0.551. The molecule has 3 rings (SSSR count). The lowest BCUT2D eigenvalue weighted by Gasteiger charge is -2.00. The summed E-state index contributed by atoms with van der Waals surface area (Å²) in [5.41, 5.74) is 6.18. The number of anilines is 1. The summed E-state index contributed by atoms with van der Waals surface area (Å²) in [5.74, 6) is -0.114. The van der Waals surface area contributed by atoms with Gasteiger partial charge in [-0.1, -0.05) is 0 Å². The van der Waals surface area contributed by atoms with Gasteiger partial charge >= 0.3 is 6.18 Å². The number of nitrogens with one attached hydrogen (secondary N) is 1. The summed E-state index contributed by atoms with van der Waals surface area (Å²) in [4.78, 5) is 6.97. The van der Waals surface area contributed by atoms with E-state index in [2.05, 4.69) is 25.4 Å². The number of hydrogen-bond donors (Lipinski definition) is 2. The highest BCUT2D eigenvalue weighted by atomic mass is 32.1. The number of halogens is 3. The smallest absolute Gasteiger partial charge is 0.368 e. The molecule has 0 radical (unpaired) electrons. The van der Waals surface area contributed by atoms with Gasteiger partial charge in [-0.05, 0) is 6.07 Å². The van der Waals surface area contributed by atoms with Crippen molar-refractivity contribution in [1.82, 2.24) is 25.4 Å². The van der Waals surface area contributed by atoms with E-state index in [-0.39, 0.29) is 21.9 Å². The molecular formula is C9H5F3N6S. The largest absolute Gasteiger partial charge is 0.425 e. The number of fused-ring (bicyclic) bond motifs is 1. The van der Waals surface area contributed by atoms with E-state index in [1.165, 1.54) is 6.20 Å². The van der Waals surface area contributed by atoms with Crippen LogP contribution in [-0.2, 0) is 6.18 Å². The Morgan fingerprint density at radius 1 is 1.26 bits per heavy atom. The second-order valence-electron chi connectivity index (χ2n) is 3.61. The van der Waals surface area contributed by atoms with E-state index < -0.39 is 11.1 Å². The van der Waals surface area contributed by atoms with Crippen LogP contribution in [0.4, 0.5) is 19.1 Å². The number of nitrogen functional groups attached to an aromatic ring is 1. The minimum Gasteiger partial charge on any atom is -0.368 e. The first-order valence-electron chi connectivity index (χ1n) is 4.95. The third kappa shape index (κ3) is 1.99. The monoisotopic (exact) mass is 286 g/mol. The topological polar surface area (TPSA) is 93.4 Å². The van der Waals surface area contributed by atoms with Crippen molar-refractivity contribution in [2.24, 2.45) is 0 Å². The SMILES string of the molecule is Nc1nc(-c2cn[nH]n2)c2sc(C(F)(F)F)cc2n1. The van der Waals surface area contributed by atoms with Gasteiger partial charge in [0.1, 0.15) is 16.3 Å². The van der Waals surface area contributed by atoms with Gasteiger partial charge in [0.2, 0.25) is 5.95 Å². The Bertz CT molecular complexity index is 732. The van der Waals surface area contributed by atoms with Crippen LogP contribution in [0.5, 0.6) is 0 Å². The predicted octanol–water partition coefficient (Wildman–Crippen LogP) is 2.08. The van der Waals surface area contributed by atoms with Crippen LogP contribution in [-0.4, -0.2) is 25.4 Å². The van der Waals surface area contributed by atoms with Gasteiger partial charge in [-0.15, -0.1) is 11.3 Å². The van der Waals surface area contributed by atoms with Crippen molar-refractivity contribution in [2.45, 2.75) is 6.18 Å². The van der Waals surface area contributed by atoms with E-state index >= 15 is 0 Å². The molecule has 0 bridgehead atoms. The second kappa shape index (κ2) is 3.88. The summed E-state index contributed by atoms with van der Waals surface area (Å²) in [7, 11) is 0. The third-order valence-electron chi connectivity index (χ3n) is 2.33. The Morgan fingerprint density at radius 2 is 2.05 bits per heavy atom. The predicted molar refractivity (Wildman–Crippen MR) is 62.2 cm³/mol. The van der Waals surface area contributed by atoms with Crippen molar-refractivity contribution in [3.63, 3.8) is 0 Å². The third-order valence-corrected chi connectivity index (χ3v) is 3.50. The van der Waals surface area contributed by atoms with Crippen molar-refractivity contribution < 1.29 is 13.2 Å². The molecular weight excluding hydrogens is 281 g/mol. The van der Waals surface area contributed by atoms with E-state index in [4.69, 9.17) is 5.73 Å². The Balaban J connectivity index is 2.30. The zero-order valence-electron chi connectivity index (χ0n) is 9.06. The number of aromatic amines is 1. The zero-order valence-corrected chi connectivity index (χ0v) is 9.88. The molecule has 0 fully saturated rings. The summed E-state index contributed by atoms with van der Waals surface area (Å²) in [6.45, 7) is 0. The minimum absolute atomic E-state index is 0.114. The van der Waals surface area contributed by atoms with Crippen LogP contribution in [0.3, 0.4) is 0 Å². The van der Waals surface area contributed by atoms with E-state index in [0.29, 0.717) is 17.0 Å². The van der Waals surface area contributed by atoms with Crippen LogP contribution < -0.4 is 5.73 Å². The molecule has 0 unspecified atom stereocenters. The lowest BCUT2D eigenvalue weighted by Crippen LogP contribution is -2.00. The zero-order chi connectivity index (χ0) is 13.6. The molecule has 3 N–H and O–H groups in total. The molecule has 0 aromatic carbocycles. The maximum Gasteiger partial charge on any atom is 0.425 e. The standard InChI is InChI=1S/C9H5F3N6S/c10-9(11,12)5-1-3-7(19-5)6(16-8(13)15-3)4-2-14-18-17-4/h1-2H,(H2,13,15,16)(H,14,17,18). The van der Waals surface area contributed by atoms with Gasteiger partial charge in [0, 0.05) is 0 Å². The molecule has 0 aliphatic carbocycles. The molecule has 3 aromatic heterocycles. The fourth-order valence-corrected chi connectivity index (χ4v) is 2.54. The number of hydrogen-bond acceptors (Lipinski definition) is 6. The summed E-state index contributed by atoms with van der Waals surface area (Å²) in [5, 5.41) is 9.76. The van der Waals surface area contributed by atoms with Gasteiger partial charge < -0.3 is 5.73 Å². The van der Waals surface area contributed by atoms with Gasteiger partial charge in [0.15, 0.2) is 0 Å². The van der Waals surface area contributed by atoms with E-state index in [1.54, 1.807) is 0 Å². The number of nitrogens with zero attached hydrogens (tertiary/aromatic N) is 4. The average molecular weight is 286 g/mol. The van der Waals surface area contributed by atoms with Crippen molar-refractivity contribution in [1.29, 1.82) is 0 Å². The van der Waals surface area contributed by atoms with Gasteiger partial charge in [0.25, 0.3) is 0 Å². The molecule has 0 atom stereocenters.